The van der Waals surface area contributed by atoms with Gasteiger partial charge in [0.2, 0.25) is 0 Å². The predicted octanol–water partition coefficient (Wildman–Crippen LogP) is 2.81. The van der Waals surface area contributed by atoms with Gasteiger partial charge in [-0.05, 0) is 50.8 Å². The van der Waals surface area contributed by atoms with Gasteiger partial charge in [-0.1, -0.05) is 30.3 Å². The quantitative estimate of drug-likeness (QED) is 0.783. The van der Waals surface area contributed by atoms with Crippen LogP contribution in [-0.4, -0.2) is 25.0 Å². The Kier molecular flexibility index (Phi) is 4.57. The Hall–Kier alpha value is -0.860. The second kappa shape index (κ2) is 6.18. The molecular formula is C15H24N2. The van der Waals surface area contributed by atoms with E-state index < -0.39 is 0 Å². The Morgan fingerprint density at radius 3 is 2.65 bits per heavy atom. The van der Waals surface area contributed by atoms with Crippen molar-refractivity contribution in [3.05, 3.63) is 35.9 Å². The maximum atomic E-state index is 6.18. The molecular weight excluding hydrogens is 208 g/mol. The first kappa shape index (κ1) is 12.6. The number of hydrogen-bond donors (Lipinski definition) is 1. The van der Waals surface area contributed by atoms with Crippen LogP contribution >= 0.6 is 0 Å². The fraction of sp³-hybridized carbons (Fsp3) is 0.600. The Morgan fingerprint density at radius 2 is 2.00 bits per heavy atom. The maximum Gasteiger partial charge on any atom is 0.0295 e. The molecule has 2 N–H and O–H groups in total. The van der Waals surface area contributed by atoms with Crippen molar-refractivity contribution in [3.8, 4) is 0 Å². The maximum absolute atomic E-state index is 6.18. The van der Waals surface area contributed by atoms with Crippen LogP contribution in [0.1, 0.15) is 37.3 Å². The van der Waals surface area contributed by atoms with Crippen LogP contribution in [0.5, 0.6) is 0 Å². The molecule has 1 saturated carbocycles. The minimum Gasteiger partial charge on any atom is -0.324 e. The number of hydrogen-bond acceptors (Lipinski definition) is 2. The highest BCUT2D eigenvalue weighted by atomic mass is 15.1. The molecule has 17 heavy (non-hydrogen) atoms. The minimum atomic E-state index is 0.200. The van der Waals surface area contributed by atoms with Gasteiger partial charge in [-0.15, -0.1) is 0 Å². The van der Waals surface area contributed by atoms with Crippen LogP contribution in [-0.2, 0) is 0 Å². The van der Waals surface area contributed by atoms with E-state index in [1.165, 1.54) is 37.9 Å². The van der Waals surface area contributed by atoms with Crippen molar-refractivity contribution in [2.24, 2.45) is 11.7 Å². The molecule has 1 aromatic rings. The molecule has 0 spiro atoms. The van der Waals surface area contributed by atoms with E-state index in [4.69, 9.17) is 5.73 Å². The predicted molar refractivity (Wildman–Crippen MR) is 72.8 cm³/mol. The topological polar surface area (TPSA) is 29.3 Å². The highest BCUT2D eigenvalue weighted by Gasteiger charge is 2.22. The third-order valence-corrected chi connectivity index (χ3v) is 3.55. The zero-order valence-electron chi connectivity index (χ0n) is 10.8. The average Bonchev–Trinajstić information content (AvgIpc) is 3.14. The third kappa shape index (κ3) is 4.49. The fourth-order valence-corrected chi connectivity index (χ4v) is 2.28. The van der Waals surface area contributed by atoms with Gasteiger partial charge in [0.15, 0.2) is 0 Å². The molecule has 0 radical (unpaired) electrons. The smallest absolute Gasteiger partial charge is 0.0295 e. The Labute approximate surface area is 105 Å². The summed E-state index contributed by atoms with van der Waals surface area (Å²) in [5, 5.41) is 0. The van der Waals surface area contributed by atoms with Gasteiger partial charge >= 0.3 is 0 Å². The summed E-state index contributed by atoms with van der Waals surface area (Å²) in [6.45, 7) is 2.46. The van der Waals surface area contributed by atoms with E-state index >= 15 is 0 Å². The van der Waals surface area contributed by atoms with Gasteiger partial charge in [-0.2, -0.15) is 0 Å². The van der Waals surface area contributed by atoms with E-state index in [-0.39, 0.29) is 6.04 Å². The lowest BCUT2D eigenvalue weighted by Crippen LogP contribution is -2.23. The first-order valence-electron chi connectivity index (χ1n) is 6.75. The van der Waals surface area contributed by atoms with Crippen LogP contribution in [0.25, 0.3) is 0 Å². The highest BCUT2D eigenvalue weighted by molar-refractivity contribution is 5.18. The number of rotatable bonds is 7. The zero-order valence-corrected chi connectivity index (χ0v) is 10.8. The Bertz CT molecular complexity index is 319. The van der Waals surface area contributed by atoms with Crippen molar-refractivity contribution in [2.75, 3.05) is 20.1 Å². The lowest BCUT2D eigenvalue weighted by atomic mass is 10.0. The van der Waals surface area contributed by atoms with E-state index in [0.717, 1.165) is 12.3 Å². The molecule has 1 aliphatic rings. The molecule has 1 aliphatic carbocycles. The Morgan fingerprint density at radius 1 is 1.29 bits per heavy atom. The molecule has 1 aromatic carbocycles. The summed E-state index contributed by atoms with van der Waals surface area (Å²) in [7, 11) is 2.23. The summed E-state index contributed by atoms with van der Waals surface area (Å²) in [5.41, 5.74) is 7.44. The molecule has 0 saturated heterocycles. The van der Waals surface area contributed by atoms with Crippen LogP contribution in [0, 0.1) is 5.92 Å². The molecule has 2 heteroatoms. The summed E-state index contributed by atoms with van der Waals surface area (Å²) >= 11 is 0. The van der Waals surface area contributed by atoms with Crippen molar-refractivity contribution in [3.63, 3.8) is 0 Å². The zero-order chi connectivity index (χ0) is 12.1. The summed E-state index contributed by atoms with van der Waals surface area (Å²) in [6.07, 6.45) is 5.15. The van der Waals surface area contributed by atoms with Gasteiger partial charge < -0.3 is 10.6 Å². The van der Waals surface area contributed by atoms with Crippen molar-refractivity contribution < 1.29 is 0 Å². The molecule has 0 aromatic heterocycles. The molecule has 94 valence electrons. The first-order valence-corrected chi connectivity index (χ1v) is 6.75. The van der Waals surface area contributed by atoms with Crippen LogP contribution in [0.2, 0.25) is 0 Å². The fourth-order valence-electron chi connectivity index (χ4n) is 2.28. The highest BCUT2D eigenvalue weighted by Crippen LogP contribution is 2.29. The summed E-state index contributed by atoms with van der Waals surface area (Å²) in [5.74, 6) is 0.989. The number of nitrogens with zero attached hydrogens (tertiary/aromatic N) is 1. The van der Waals surface area contributed by atoms with Crippen LogP contribution in [0.3, 0.4) is 0 Å². The van der Waals surface area contributed by atoms with Crippen molar-refractivity contribution in [1.29, 1.82) is 0 Å². The molecule has 1 unspecified atom stereocenters. The first-order chi connectivity index (χ1) is 8.25. The SMILES string of the molecule is CN(CCCC(N)c1ccccc1)CC1CC1. The van der Waals surface area contributed by atoms with Gasteiger partial charge in [0.1, 0.15) is 0 Å². The van der Waals surface area contributed by atoms with Crippen molar-refractivity contribution in [2.45, 2.75) is 31.7 Å². The molecule has 0 aliphatic heterocycles. The largest absolute Gasteiger partial charge is 0.324 e. The van der Waals surface area contributed by atoms with Gasteiger partial charge in [0.05, 0.1) is 0 Å². The van der Waals surface area contributed by atoms with E-state index in [0.29, 0.717) is 0 Å². The molecule has 2 rings (SSSR count). The monoisotopic (exact) mass is 232 g/mol. The van der Waals surface area contributed by atoms with Crippen molar-refractivity contribution >= 4 is 0 Å². The van der Waals surface area contributed by atoms with Crippen LogP contribution < -0.4 is 5.73 Å². The van der Waals surface area contributed by atoms with E-state index in [1.54, 1.807) is 0 Å². The van der Waals surface area contributed by atoms with E-state index in [1.807, 2.05) is 6.07 Å². The Balaban J connectivity index is 1.64. The summed E-state index contributed by atoms with van der Waals surface area (Å²) in [4.78, 5) is 2.45. The van der Waals surface area contributed by atoms with Crippen LogP contribution in [0.15, 0.2) is 30.3 Å². The molecule has 0 amide bonds. The minimum absolute atomic E-state index is 0.200. The van der Waals surface area contributed by atoms with Gasteiger partial charge in [0.25, 0.3) is 0 Å². The van der Waals surface area contributed by atoms with Gasteiger partial charge in [-0.25, -0.2) is 0 Å². The number of benzene rings is 1. The van der Waals surface area contributed by atoms with E-state index in [9.17, 15) is 0 Å². The lowest BCUT2D eigenvalue weighted by molar-refractivity contribution is 0.309. The molecule has 0 heterocycles. The lowest BCUT2D eigenvalue weighted by Gasteiger charge is -2.18. The van der Waals surface area contributed by atoms with Crippen LogP contribution in [0.4, 0.5) is 0 Å². The van der Waals surface area contributed by atoms with Gasteiger partial charge in [-0.3, -0.25) is 0 Å². The molecule has 0 bridgehead atoms. The van der Waals surface area contributed by atoms with Crippen molar-refractivity contribution in [1.82, 2.24) is 4.90 Å². The third-order valence-electron chi connectivity index (χ3n) is 3.55. The molecule has 2 nitrogen and oxygen atoms in total. The molecule has 1 atom stereocenters. The molecule has 1 fully saturated rings. The van der Waals surface area contributed by atoms with E-state index in [2.05, 4.69) is 36.2 Å². The summed E-state index contributed by atoms with van der Waals surface area (Å²) < 4.78 is 0. The normalized spacial score (nSPS) is 17.4. The van der Waals surface area contributed by atoms with Gasteiger partial charge in [0, 0.05) is 12.6 Å². The summed E-state index contributed by atoms with van der Waals surface area (Å²) in [6, 6.07) is 10.6. The second-order valence-corrected chi connectivity index (χ2v) is 5.37. The standard InChI is InChI=1S/C15H24N2/c1-17(12-13-9-10-13)11-5-8-15(16)14-6-3-2-4-7-14/h2-4,6-7,13,15H,5,8-12,16H2,1H3. The number of nitrogens with two attached hydrogens (primary N) is 1. The second-order valence-electron chi connectivity index (χ2n) is 5.37. The average molecular weight is 232 g/mol.